The molecule has 2 aliphatic heterocycles. The van der Waals surface area contributed by atoms with Gasteiger partial charge in [0, 0.05) is 44.7 Å². The maximum Gasteiger partial charge on any atom is 0.324 e. The van der Waals surface area contributed by atoms with Crippen molar-refractivity contribution in [1.29, 1.82) is 0 Å². The van der Waals surface area contributed by atoms with Gasteiger partial charge < -0.3 is 14.7 Å². The van der Waals surface area contributed by atoms with Crippen molar-refractivity contribution < 1.29 is 4.52 Å². The summed E-state index contributed by atoms with van der Waals surface area (Å²) in [4.78, 5) is 9.36. The number of piperazine rings is 1. The number of nitrogens with one attached hydrogen (secondary N) is 1. The van der Waals surface area contributed by atoms with Crippen LogP contribution >= 0.6 is 0 Å². The third-order valence-electron chi connectivity index (χ3n) is 4.51. The maximum absolute atomic E-state index is 5.40. The van der Waals surface area contributed by atoms with Crippen LogP contribution in [0.15, 0.2) is 4.52 Å². The number of rotatable bonds is 3. The van der Waals surface area contributed by atoms with Gasteiger partial charge in [-0.05, 0) is 25.8 Å². The van der Waals surface area contributed by atoms with E-state index in [2.05, 4.69) is 25.3 Å². The standard InChI is InChI=1S/C13H21N5O/c1-2-10(1)12-15-13(19-16-12)18-7-5-17(6-8-18)11-3-4-14-9-11/h10-11,14H,1-9H2. The van der Waals surface area contributed by atoms with E-state index >= 15 is 0 Å². The lowest BCUT2D eigenvalue weighted by Gasteiger charge is -2.36. The van der Waals surface area contributed by atoms with E-state index in [-0.39, 0.29) is 0 Å². The van der Waals surface area contributed by atoms with Gasteiger partial charge >= 0.3 is 6.01 Å². The highest BCUT2D eigenvalue weighted by molar-refractivity contribution is 5.27. The minimum Gasteiger partial charge on any atom is -0.322 e. The van der Waals surface area contributed by atoms with Gasteiger partial charge in [0.05, 0.1) is 0 Å². The summed E-state index contributed by atoms with van der Waals surface area (Å²) in [7, 11) is 0. The molecule has 1 aliphatic carbocycles. The monoisotopic (exact) mass is 263 g/mol. The van der Waals surface area contributed by atoms with Crippen molar-refractivity contribution in [2.24, 2.45) is 0 Å². The van der Waals surface area contributed by atoms with Gasteiger partial charge in [-0.2, -0.15) is 4.98 Å². The van der Waals surface area contributed by atoms with Gasteiger partial charge in [-0.25, -0.2) is 0 Å². The van der Waals surface area contributed by atoms with E-state index in [1.807, 2.05) is 0 Å². The molecule has 1 saturated carbocycles. The van der Waals surface area contributed by atoms with Crippen LogP contribution in [-0.4, -0.2) is 60.4 Å². The van der Waals surface area contributed by atoms with E-state index in [4.69, 9.17) is 4.52 Å². The first-order valence-electron chi connectivity index (χ1n) is 7.43. The molecular weight excluding hydrogens is 242 g/mol. The predicted molar refractivity (Wildman–Crippen MR) is 71.3 cm³/mol. The number of nitrogens with zero attached hydrogens (tertiary/aromatic N) is 4. The second-order valence-corrected chi connectivity index (χ2v) is 5.88. The van der Waals surface area contributed by atoms with Gasteiger partial charge in [-0.1, -0.05) is 5.16 Å². The third kappa shape index (κ3) is 2.34. The Bertz CT molecular complexity index is 430. The quantitative estimate of drug-likeness (QED) is 0.853. The molecule has 0 spiro atoms. The Morgan fingerprint density at radius 1 is 1.11 bits per heavy atom. The third-order valence-corrected chi connectivity index (χ3v) is 4.51. The van der Waals surface area contributed by atoms with Crippen molar-refractivity contribution in [2.75, 3.05) is 44.2 Å². The fourth-order valence-corrected chi connectivity index (χ4v) is 3.09. The van der Waals surface area contributed by atoms with Crippen LogP contribution < -0.4 is 10.2 Å². The van der Waals surface area contributed by atoms with Crippen LogP contribution in [0.3, 0.4) is 0 Å². The summed E-state index contributed by atoms with van der Waals surface area (Å²) in [6.07, 6.45) is 3.73. The Balaban J connectivity index is 1.36. The van der Waals surface area contributed by atoms with Gasteiger partial charge in [-0.3, -0.25) is 4.90 Å². The summed E-state index contributed by atoms with van der Waals surface area (Å²) in [5, 5.41) is 7.54. The minimum atomic E-state index is 0.573. The van der Waals surface area contributed by atoms with Crippen molar-refractivity contribution in [3.63, 3.8) is 0 Å². The summed E-state index contributed by atoms with van der Waals surface area (Å²) in [5.74, 6) is 1.49. The fourth-order valence-electron chi connectivity index (χ4n) is 3.09. The van der Waals surface area contributed by atoms with E-state index < -0.39 is 0 Å². The van der Waals surface area contributed by atoms with Crippen LogP contribution in [0.4, 0.5) is 6.01 Å². The van der Waals surface area contributed by atoms with E-state index in [1.54, 1.807) is 0 Å². The molecule has 104 valence electrons. The van der Waals surface area contributed by atoms with E-state index in [0.29, 0.717) is 5.92 Å². The summed E-state index contributed by atoms with van der Waals surface area (Å²) < 4.78 is 5.40. The fraction of sp³-hybridized carbons (Fsp3) is 0.846. The molecule has 2 saturated heterocycles. The highest BCUT2D eigenvalue weighted by Crippen LogP contribution is 2.38. The summed E-state index contributed by atoms with van der Waals surface area (Å²) >= 11 is 0. The normalized spacial score (nSPS) is 29.1. The zero-order valence-electron chi connectivity index (χ0n) is 11.2. The predicted octanol–water partition coefficient (Wildman–Crippen LogP) is 0.431. The largest absolute Gasteiger partial charge is 0.324 e. The Labute approximate surface area is 113 Å². The van der Waals surface area contributed by atoms with Crippen LogP contribution in [0, 0.1) is 0 Å². The molecule has 3 heterocycles. The van der Waals surface area contributed by atoms with Gasteiger partial charge in [-0.15, -0.1) is 0 Å². The van der Waals surface area contributed by atoms with Gasteiger partial charge in [0.25, 0.3) is 0 Å². The Hall–Kier alpha value is -1.14. The molecule has 0 aromatic carbocycles. The average Bonchev–Trinajstić information content (AvgIpc) is 2.97. The van der Waals surface area contributed by atoms with E-state index in [9.17, 15) is 0 Å². The minimum absolute atomic E-state index is 0.573. The topological polar surface area (TPSA) is 57.4 Å². The SMILES string of the molecule is C1CC(N2CCN(c3nc(C4CC4)no3)CC2)CN1. The molecule has 1 atom stereocenters. The molecule has 0 amide bonds. The number of hydrogen-bond donors (Lipinski definition) is 1. The second kappa shape index (κ2) is 4.76. The van der Waals surface area contributed by atoms with Gasteiger partial charge in [0.2, 0.25) is 0 Å². The van der Waals surface area contributed by atoms with Gasteiger partial charge in [0.15, 0.2) is 5.82 Å². The lowest BCUT2D eigenvalue weighted by atomic mass is 10.2. The van der Waals surface area contributed by atoms with Crippen LogP contribution in [-0.2, 0) is 0 Å². The second-order valence-electron chi connectivity index (χ2n) is 5.88. The highest BCUT2D eigenvalue weighted by atomic mass is 16.5. The molecule has 1 aromatic rings. The molecule has 1 unspecified atom stereocenters. The molecule has 4 rings (SSSR count). The van der Waals surface area contributed by atoms with Crippen molar-refractivity contribution >= 4 is 6.01 Å². The zero-order valence-corrected chi connectivity index (χ0v) is 11.2. The number of aromatic nitrogens is 2. The van der Waals surface area contributed by atoms with Crippen molar-refractivity contribution in [3.8, 4) is 0 Å². The van der Waals surface area contributed by atoms with E-state index in [1.165, 1.54) is 25.8 Å². The van der Waals surface area contributed by atoms with Crippen LogP contribution in [0.2, 0.25) is 0 Å². The molecule has 0 radical (unpaired) electrons. The first-order chi connectivity index (χ1) is 9.40. The van der Waals surface area contributed by atoms with Crippen LogP contribution in [0.1, 0.15) is 31.0 Å². The maximum atomic E-state index is 5.40. The Morgan fingerprint density at radius 3 is 2.63 bits per heavy atom. The lowest BCUT2D eigenvalue weighted by molar-refractivity contribution is 0.192. The van der Waals surface area contributed by atoms with Crippen LogP contribution in [0.5, 0.6) is 0 Å². The summed E-state index contributed by atoms with van der Waals surface area (Å²) in [6.45, 7) is 6.53. The molecule has 0 bridgehead atoms. The zero-order chi connectivity index (χ0) is 12.7. The molecule has 6 heteroatoms. The molecule has 1 aromatic heterocycles. The van der Waals surface area contributed by atoms with Gasteiger partial charge in [0.1, 0.15) is 0 Å². The van der Waals surface area contributed by atoms with Crippen LogP contribution in [0.25, 0.3) is 0 Å². The summed E-state index contributed by atoms with van der Waals surface area (Å²) in [6, 6.07) is 1.46. The molecule has 6 nitrogen and oxygen atoms in total. The molecule has 3 aliphatic rings. The number of anilines is 1. The molecular formula is C13H21N5O. The first kappa shape index (κ1) is 11.7. The summed E-state index contributed by atoms with van der Waals surface area (Å²) in [5.41, 5.74) is 0. The molecule has 1 N–H and O–H groups in total. The van der Waals surface area contributed by atoms with Crippen molar-refractivity contribution in [1.82, 2.24) is 20.4 Å². The Morgan fingerprint density at radius 2 is 1.95 bits per heavy atom. The Kier molecular flexibility index (Phi) is 2.92. The van der Waals surface area contributed by atoms with E-state index in [0.717, 1.165) is 50.6 Å². The first-order valence-corrected chi connectivity index (χ1v) is 7.43. The smallest absolute Gasteiger partial charge is 0.322 e. The lowest BCUT2D eigenvalue weighted by Crippen LogP contribution is -2.51. The highest BCUT2D eigenvalue weighted by Gasteiger charge is 2.31. The molecule has 3 fully saturated rings. The number of hydrogen-bond acceptors (Lipinski definition) is 6. The molecule has 19 heavy (non-hydrogen) atoms. The average molecular weight is 263 g/mol. The van der Waals surface area contributed by atoms with Crippen molar-refractivity contribution in [3.05, 3.63) is 5.82 Å². The van der Waals surface area contributed by atoms with Crippen molar-refractivity contribution in [2.45, 2.75) is 31.2 Å².